The van der Waals surface area contributed by atoms with Crippen molar-refractivity contribution in [2.24, 2.45) is 5.73 Å². The van der Waals surface area contributed by atoms with Crippen molar-refractivity contribution in [1.29, 1.82) is 0 Å². The molecule has 0 amide bonds. The molecule has 0 heterocycles. The van der Waals surface area contributed by atoms with Gasteiger partial charge in [0.15, 0.2) is 0 Å². The lowest BCUT2D eigenvalue weighted by Gasteiger charge is -2.09. The molecular weight excluding hydrogens is 192 g/mol. The second kappa shape index (κ2) is 4.15. The molecule has 1 atom stereocenters. The summed E-state index contributed by atoms with van der Waals surface area (Å²) in [6, 6.07) is 1.59. The molecule has 0 bridgehead atoms. The van der Waals surface area contributed by atoms with Crippen LogP contribution in [0.25, 0.3) is 0 Å². The number of hydrogen-bond acceptors (Lipinski definition) is 3. The van der Waals surface area contributed by atoms with Gasteiger partial charge in [-0.1, -0.05) is 6.07 Å². The maximum atomic E-state index is 13.1. The fourth-order valence-corrected chi connectivity index (χ4v) is 1.01. The molecule has 0 aliphatic rings. The van der Waals surface area contributed by atoms with E-state index in [0.717, 1.165) is 19.2 Å². The molecule has 0 aliphatic heterocycles. The summed E-state index contributed by atoms with van der Waals surface area (Å²) in [5, 5.41) is 0. The smallest absolute Gasteiger partial charge is 0.327 e. The molecule has 0 saturated heterocycles. The van der Waals surface area contributed by atoms with Crippen molar-refractivity contribution < 1.29 is 18.3 Å². The number of benzene rings is 1. The zero-order valence-corrected chi connectivity index (χ0v) is 7.46. The molecule has 5 heteroatoms. The first-order valence-corrected chi connectivity index (χ1v) is 3.84. The molecule has 0 saturated carbocycles. The van der Waals surface area contributed by atoms with Crippen LogP contribution in [0.1, 0.15) is 11.6 Å². The van der Waals surface area contributed by atoms with Crippen LogP contribution in [0, 0.1) is 11.6 Å². The van der Waals surface area contributed by atoms with Gasteiger partial charge in [-0.15, -0.1) is 0 Å². The molecule has 1 aromatic carbocycles. The normalized spacial score (nSPS) is 12.3. The van der Waals surface area contributed by atoms with Crippen LogP contribution >= 0.6 is 0 Å². The van der Waals surface area contributed by atoms with Crippen molar-refractivity contribution in [1.82, 2.24) is 0 Å². The van der Waals surface area contributed by atoms with E-state index in [1.807, 2.05) is 0 Å². The number of nitrogens with two attached hydrogens (primary N) is 1. The van der Waals surface area contributed by atoms with E-state index >= 15 is 0 Å². The van der Waals surface area contributed by atoms with Gasteiger partial charge in [-0.25, -0.2) is 8.78 Å². The summed E-state index contributed by atoms with van der Waals surface area (Å²) in [6.45, 7) is 0. The molecule has 3 nitrogen and oxygen atoms in total. The van der Waals surface area contributed by atoms with Gasteiger partial charge in [0, 0.05) is 11.6 Å². The highest BCUT2D eigenvalue weighted by Crippen LogP contribution is 2.16. The van der Waals surface area contributed by atoms with Crippen molar-refractivity contribution in [3.05, 3.63) is 35.4 Å². The van der Waals surface area contributed by atoms with Gasteiger partial charge in [0.05, 0.1) is 7.11 Å². The molecule has 0 radical (unpaired) electrons. The van der Waals surface area contributed by atoms with Crippen molar-refractivity contribution in [3.63, 3.8) is 0 Å². The highest BCUT2D eigenvalue weighted by atomic mass is 19.1. The molecular formula is C9H9F2NO2. The van der Waals surface area contributed by atoms with Crippen LogP contribution in [-0.4, -0.2) is 13.1 Å². The van der Waals surface area contributed by atoms with Crippen LogP contribution in [-0.2, 0) is 9.53 Å². The third-order valence-electron chi connectivity index (χ3n) is 1.75. The summed E-state index contributed by atoms with van der Waals surface area (Å²) in [5.74, 6) is -2.35. The van der Waals surface area contributed by atoms with Gasteiger partial charge < -0.3 is 10.5 Å². The van der Waals surface area contributed by atoms with Crippen molar-refractivity contribution in [2.45, 2.75) is 6.04 Å². The van der Waals surface area contributed by atoms with E-state index in [0.29, 0.717) is 6.07 Å². The predicted octanol–water partition coefficient (Wildman–Crippen LogP) is 1.14. The summed E-state index contributed by atoms with van der Waals surface area (Å²) < 4.78 is 29.9. The Hall–Kier alpha value is -1.49. The van der Waals surface area contributed by atoms with Gasteiger partial charge in [0.1, 0.15) is 17.7 Å². The van der Waals surface area contributed by atoms with E-state index in [1.165, 1.54) is 0 Å². The Morgan fingerprint density at radius 3 is 2.64 bits per heavy atom. The first-order chi connectivity index (χ1) is 6.56. The second-order valence-corrected chi connectivity index (χ2v) is 2.67. The number of rotatable bonds is 2. The van der Waals surface area contributed by atoms with Gasteiger partial charge in [-0.2, -0.15) is 0 Å². The Labute approximate surface area is 79.5 Å². The van der Waals surface area contributed by atoms with Crippen LogP contribution in [0.2, 0.25) is 0 Å². The zero-order chi connectivity index (χ0) is 10.7. The standard InChI is InChI=1S/C9H9F2NO2/c1-14-9(13)8(12)6-3-2-5(10)4-7(6)11/h2-4,8H,12H2,1H3. The lowest BCUT2D eigenvalue weighted by Crippen LogP contribution is -2.23. The number of methoxy groups -OCH3 is 1. The largest absolute Gasteiger partial charge is 0.468 e. The Morgan fingerprint density at radius 1 is 1.50 bits per heavy atom. The third-order valence-corrected chi connectivity index (χ3v) is 1.75. The van der Waals surface area contributed by atoms with Crippen molar-refractivity contribution in [2.75, 3.05) is 7.11 Å². The Morgan fingerprint density at radius 2 is 2.14 bits per heavy atom. The van der Waals surface area contributed by atoms with Gasteiger partial charge in [0.25, 0.3) is 0 Å². The predicted molar refractivity (Wildman–Crippen MR) is 45.3 cm³/mol. The lowest BCUT2D eigenvalue weighted by atomic mass is 10.1. The average Bonchev–Trinajstić information content (AvgIpc) is 2.15. The number of ether oxygens (including phenoxy) is 1. The molecule has 0 aromatic heterocycles. The van der Waals surface area contributed by atoms with Crippen LogP contribution in [0.15, 0.2) is 18.2 Å². The fraction of sp³-hybridized carbons (Fsp3) is 0.222. The molecule has 0 spiro atoms. The second-order valence-electron chi connectivity index (χ2n) is 2.67. The van der Waals surface area contributed by atoms with Crippen LogP contribution in [0.4, 0.5) is 8.78 Å². The molecule has 0 fully saturated rings. The van der Waals surface area contributed by atoms with Crippen LogP contribution in [0.3, 0.4) is 0 Å². The molecule has 1 rings (SSSR count). The van der Waals surface area contributed by atoms with E-state index in [1.54, 1.807) is 0 Å². The summed E-state index contributed by atoms with van der Waals surface area (Å²) in [4.78, 5) is 10.9. The first kappa shape index (κ1) is 10.6. The maximum absolute atomic E-state index is 13.1. The molecule has 2 N–H and O–H groups in total. The maximum Gasteiger partial charge on any atom is 0.327 e. The lowest BCUT2D eigenvalue weighted by molar-refractivity contribution is -0.142. The monoisotopic (exact) mass is 201 g/mol. The van der Waals surface area contributed by atoms with E-state index in [-0.39, 0.29) is 5.56 Å². The fourth-order valence-electron chi connectivity index (χ4n) is 1.01. The SMILES string of the molecule is COC(=O)C(N)c1ccc(F)cc1F. The van der Waals surface area contributed by atoms with Gasteiger partial charge in [-0.3, -0.25) is 4.79 Å². The molecule has 14 heavy (non-hydrogen) atoms. The van der Waals surface area contributed by atoms with Gasteiger partial charge in [-0.05, 0) is 6.07 Å². The first-order valence-electron chi connectivity index (χ1n) is 3.84. The highest BCUT2D eigenvalue weighted by Gasteiger charge is 2.19. The zero-order valence-electron chi connectivity index (χ0n) is 7.46. The summed E-state index contributed by atoms with van der Waals surface area (Å²) in [5.41, 5.74) is 5.28. The van der Waals surface area contributed by atoms with Crippen molar-refractivity contribution in [3.8, 4) is 0 Å². The quantitative estimate of drug-likeness (QED) is 0.730. The van der Waals surface area contributed by atoms with E-state index in [2.05, 4.69) is 4.74 Å². The number of halogens is 2. The topological polar surface area (TPSA) is 52.3 Å². The highest BCUT2D eigenvalue weighted by molar-refractivity contribution is 5.77. The summed E-state index contributed by atoms with van der Waals surface area (Å²) in [6.07, 6.45) is 0. The average molecular weight is 201 g/mol. The number of carbonyl (C=O) groups excluding carboxylic acids is 1. The minimum atomic E-state index is -1.22. The third kappa shape index (κ3) is 2.05. The Bertz CT molecular complexity index is 355. The van der Waals surface area contributed by atoms with Crippen molar-refractivity contribution >= 4 is 5.97 Å². The van der Waals surface area contributed by atoms with Crippen LogP contribution < -0.4 is 5.73 Å². The number of carbonyl (C=O) groups is 1. The number of esters is 1. The van der Waals surface area contributed by atoms with E-state index in [4.69, 9.17) is 5.73 Å². The van der Waals surface area contributed by atoms with Gasteiger partial charge >= 0.3 is 5.97 Å². The van der Waals surface area contributed by atoms with Gasteiger partial charge in [0.2, 0.25) is 0 Å². The Balaban J connectivity index is 3.01. The minimum absolute atomic E-state index is 0.0850. The molecule has 1 unspecified atom stereocenters. The summed E-state index contributed by atoms with van der Waals surface area (Å²) in [7, 11) is 1.14. The molecule has 76 valence electrons. The summed E-state index contributed by atoms with van der Waals surface area (Å²) >= 11 is 0. The number of hydrogen-bond donors (Lipinski definition) is 1. The van der Waals surface area contributed by atoms with E-state index in [9.17, 15) is 13.6 Å². The Kier molecular flexibility index (Phi) is 3.14. The van der Waals surface area contributed by atoms with E-state index < -0.39 is 23.6 Å². The minimum Gasteiger partial charge on any atom is -0.468 e. The molecule has 1 aromatic rings. The molecule has 0 aliphatic carbocycles. The van der Waals surface area contributed by atoms with Crippen LogP contribution in [0.5, 0.6) is 0 Å².